The summed E-state index contributed by atoms with van der Waals surface area (Å²) in [5.74, 6) is 0.426. The van der Waals surface area contributed by atoms with Crippen LogP contribution in [0.1, 0.15) is 56.9 Å². The van der Waals surface area contributed by atoms with Gasteiger partial charge in [0.25, 0.3) is 5.79 Å². The summed E-state index contributed by atoms with van der Waals surface area (Å²) in [4.78, 5) is 11.0. The average Bonchev–Trinajstić information content (AvgIpc) is 3.13. The third-order valence-electron chi connectivity index (χ3n) is 5.11. The molecule has 3 aliphatic rings. The third kappa shape index (κ3) is 2.17. The molecule has 1 aromatic carbocycles. The Kier molecular flexibility index (Phi) is 2.72. The van der Waals surface area contributed by atoms with Gasteiger partial charge in [0.2, 0.25) is 0 Å². The van der Waals surface area contributed by atoms with Crippen LogP contribution in [0.3, 0.4) is 0 Å². The van der Waals surface area contributed by atoms with Crippen LogP contribution < -0.4 is 9.47 Å². The first-order chi connectivity index (χ1) is 10.1. The molecule has 4 rings (SSSR count). The molecule has 1 N–H and O–H groups in total. The smallest absolute Gasteiger partial charge is 0.304 e. The number of aliphatic carboxylic acids is 1. The normalized spacial score (nSPS) is 24.0. The number of carbonyl (C=O) groups is 1. The Hall–Kier alpha value is -1.71. The van der Waals surface area contributed by atoms with Gasteiger partial charge in [-0.1, -0.05) is 12.5 Å². The summed E-state index contributed by atoms with van der Waals surface area (Å²) in [6.07, 6.45) is 7.52. The van der Waals surface area contributed by atoms with Crippen LogP contribution in [0.15, 0.2) is 18.2 Å². The molecule has 21 heavy (non-hydrogen) atoms. The maximum atomic E-state index is 11.0. The zero-order valence-electron chi connectivity index (χ0n) is 12.1. The largest absolute Gasteiger partial charge is 0.481 e. The third-order valence-corrected chi connectivity index (χ3v) is 5.11. The molecule has 0 bridgehead atoms. The number of fused-ring (bicyclic) bond motifs is 1. The van der Waals surface area contributed by atoms with E-state index in [1.807, 2.05) is 18.2 Å². The molecule has 4 nitrogen and oxygen atoms in total. The number of carboxylic acid groups (broad SMARTS) is 1. The first kappa shape index (κ1) is 13.0. The van der Waals surface area contributed by atoms with Crippen LogP contribution in [0.2, 0.25) is 0 Å². The molecular formula is C17H20O4. The van der Waals surface area contributed by atoms with E-state index in [1.54, 1.807) is 0 Å². The fourth-order valence-electron chi connectivity index (χ4n) is 3.73. The highest BCUT2D eigenvalue weighted by atomic mass is 16.7. The first-order valence-electron chi connectivity index (χ1n) is 7.85. The summed E-state index contributed by atoms with van der Waals surface area (Å²) in [6.45, 7) is 0. The summed E-state index contributed by atoms with van der Waals surface area (Å²) >= 11 is 0. The van der Waals surface area contributed by atoms with Gasteiger partial charge in [-0.25, -0.2) is 0 Å². The fraction of sp³-hybridized carbons (Fsp3) is 0.588. The van der Waals surface area contributed by atoms with E-state index < -0.39 is 11.8 Å². The molecular weight excluding hydrogens is 268 g/mol. The summed E-state index contributed by atoms with van der Waals surface area (Å²) in [7, 11) is 0. The summed E-state index contributed by atoms with van der Waals surface area (Å²) < 4.78 is 12.2. The second-order valence-corrected chi connectivity index (χ2v) is 6.69. The molecule has 112 valence electrons. The average molecular weight is 288 g/mol. The molecule has 2 saturated carbocycles. The lowest BCUT2D eigenvalue weighted by Crippen LogP contribution is -2.40. The Bertz CT molecular complexity index is 582. The van der Waals surface area contributed by atoms with Crippen molar-refractivity contribution in [1.82, 2.24) is 0 Å². The first-order valence-corrected chi connectivity index (χ1v) is 7.85. The van der Waals surface area contributed by atoms with E-state index in [0.717, 1.165) is 55.6 Å². The topological polar surface area (TPSA) is 55.8 Å². The highest BCUT2D eigenvalue weighted by Crippen LogP contribution is 2.54. The molecule has 4 heteroatoms. The van der Waals surface area contributed by atoms with E-state index in [0.29, 0.717) is 0 Å². The highest BCUT2D eigenvalue weighted by molar-refractivity contribution is 5.70. The second-order valence-electron chi connectivity index (χ2n) is 6.69. The molecule has 0 saturated heterocycles. The van der Waals surface area contributed by atoms with Gasteiger partial charge in [-0.05, 0) is 43.4 Å². The van der Waals surface area contributed by atoms with E-state index >= 15 is 0 Å². The minimum Gasteiger partial charge on any atom is -0.481 e. The molecule has 0 amide bonds. The molecule has 1 aromatic rings. The molecule has 1 aliphatic heterocycles. The van der Waals surface area contributed by atoms with Crippen molar-refractivity contribution in [3.05, 3.63) is 23.8 Å². The summed E-state index contributed by atoms with van der Waals surface area (Å²) in [5, 5.41) is 9.09. The van der Waals surface area contributed by atoms with Gasteiger partial charge in [0.15, 0.2) is 11.5 Å². The van der Waals surface area contributed by atoms with Crippen molar-refractivity contribution in [2.75, 3.05) is 0 Å². The Morgan fingerprint density at radius 2 is 1.76 bits per heavy atom. The molecule has 2 fully saturated rings. The van der Waals surface area contributed by atoms with Crippen molar-refractivity contribution in [2.24, 2.45) is 0 Å². The fourth-order valence-corrected chi connectivity index (χ4v) is 3.73. The van der Waals surface area contributed by atoms with Gasteiger partial charge in [0, 0.05) is 18.3 Å². The number of rotatable bonds is 3. The van der Waals surface area contributed by atoms with Gasteiger partial charge in [-0.2, -0.15) is 0 Å². The predicted molar refractivity (Wildman–Crippen MR) is 76.7 cm³/mol. The van der Waals surface area contributed by atoms with Crippen molar-refractivity contribution in [2.45, 2.75) is 62.6 Å². The van der Waals surface area contributed by atoms with Crippen LogP contribution >= 0.6 is 0 Å². The lowest BCUT2D eigenvalue weighted by Gasteiger charge is -2.31. The standard InChI is InChI=1S/C17H20O4/c18-15(19)11-16(8-9-16)12-4-5-13-14(10-12)21-17(20-13)6-2-1-3-7-17/h4-5,10H,1-3,6-9,11H2,(H,18,19). The van der Waals surface area contributed by atoms with Crippen LogP contribution in [-0.2, 0) is 10.2 Å². The van der Waals surface area contributed by atoms with Crippen molar-refractivity contribution >= 4 is 5.97 Å². The monoisotopic (exact) mass is 288 g/mol. The van der Waals surface area contributed by atoms with Crippen LogP contribution in [0, 0.1) is 0 Å². The van der Waals surface area contributed by atoms with Gasteiger partial charge >= 0.3 is 5.97 Å². The summed E-state index contributed by atoms with van der Waals surface area (Å²) in [6, 6.07) is 5.98. The Morgan fingerprint density at radius 1 is 1.05 bits per heavy atom. The van der Waals surface area contributed by atoms with Crippen molar-refractivity contribution in [3.63, 3.8) is 0 Å². The Labute approximate surface area is 124 Å². The molecule has 0 radical (unpaired) electrons. The lowest BCUT2D eigenvalue weighted by atomic mass is 9.92. The van der Waals surface area contributed by atoms with Crippen molar-refractivity contribution < 1.29 is 19.4 Å². The zero-order valence-corrected chi connectivity index (χ0v) is 12.1. The number of ether oxygens (including phenoxy) is 2. The van der Waals surface area contributed by atoms with Crippen LogP contribution in [0.4, 0.5) is 0 Å². The Morgan fingerprint density at radius 3 is 2.43 bits per heavy atom. The van der Waals surface area contributed by atoms with E-state index in [9.17, 15) is 4.79 Å². The van der Waals surface area contributed by atoms with Crippen LogP contribution in [0.5, 0.6) is 11.5 Å². The van der Waals surface area contributed by atoms with Gasteiger partial charge in [-0.15, -0.1) is 0 Å². The van der Waals surface area contributed by atoms with Gasteiger partial charge in [0.05, 0.1) is 6.42 Å². The van der Waals surface area contributed by atoms with E-state index in [2.05, 4.69) is 0 Å². The molecule has 1 spiro atoms. The van der Waals surface area contributed by atoms with E-state index in [1.165, 1.54) is 6.42 Å². The number of hydrogen-bond donors (Lipinski definition) is 1. The molecule has 0 unspecified atom stereocenters. The van der Waals surface area contributed by atoms with Gasteiger partial charge in [-0.3, -0.25) is 4.79 Å². The van der Waals surface area contributed by atoms with E-state index in [4.69, 9.17) is 14.6 Å². The highest BCUT2D eigenvalue weighted by Gasteiger charge is 2.48. The quantitative estimate of drug-likeness (QED) is 0.923. The minimum atomic E-state index is -0.728. The molecule has 2 aliphatic carbocycles. The maximum Gasteiger partial charge on any atom is 0.304 e. The van der Waals surface area contributed by atoms with E-state index in [-0.39, 0.29) is 11.8 Å². The molecule has 0 aromatic heterocycles. The van der Waals surface area contributed by atoms with Crippen molar-refractivity contribution in [1.29, 1.82) is 0 Å². The lowest BCUT2D eigenvalue weighted by molar-refractivity contribution is -0.137. The second kappa shape index (κ2) is 4.39. The zero-order chi connectivity index (χ0) is 14.5. The minimum absolute atomic E-state index is 0.174. The number of benzene rings is 1. The molecule has 1 heterocycles. The van der Waals surface area contributed by atoms with Crippen molar-refractivity contribution in [3.8, 4) is 11.5 Å². The summed E-state index contributed by atoms with van der Waals surface area (Å²) in [5.41, 5.74) is 0.909. The van der Waals surface area contributed by atoms with Crippen LogP contribution in [0.25, 0.3) is 0 Å². The van der Waals surface area contributed by atoms with Gasteiger partial charge < -0.3 is 14.6 Å². The maximum absolute atomic E-state index is 11.0. The predicted octanol–water partition coefficient (Wildman–Crippen LogP) is 3.62. The SMILES string of the molecule is O=C(O)CC1(c2ccc3c(c2)OC2(CCCCC2)O3)CC1. The van der Waals surface area contributed by atoms with Crippen LogP contribution in [-0.4, -0.2) is 16.9 Å². The number of hydrogen-bond acceptors (Lipinski definition) is 3. The number of carboxylic acids is 1. The van der Waals surface area contributed by atoms with Gasteiger partial charge in [0.1, 0.15) is 0 Å². The Balaban J connectivity index is 1.60. The molecule has 0 atom stereocenters.